The van der Waals surface area contributed by atoms with Crippen LogP contribution in [0.2, 0.25) is 0 Å². The summed E-state index contributed by atoms with van der Waals surface area (Å²) in [7, 11) is 0. The van der Waals surface area contributed by atoms with Gasteiger partial charge >= 0.3 is 0 Å². The van der Waals surface area contributed by atoms with Crippen LogP contribution < -0.4 is 4.90 Å². The van der Waals surface area contributed by atoms with E-state index in [1.54, 1.807) is 0 Å². The van der Waals surface area contributed by atoms with Gasteiger partial charge in [0.05, 0.1) is 11.1 Å². The first-order valence-corrected chi connectivity index (χ1v) is 18.6. The van der Waals surface area contributed by atoms with Gasteiger partial charge in [-0.1, -0.05) is 178 Å². The molecule has 0 saturated carbocycles. The summed E-state index contributed by atoms with van der Waals surface area (Å²) in [5.41, 5.74) is 18.5. The van der Waals surface area contributed by atoms with E-state index >= 15 is 0 Å². The van der Waals surface area contributed by atoms with Crippen molar-refractivity contribution in [1.29, 1.82) is 0 Å². The monoisotopic (exact) mass is 677 g/mol. The van der Waals surface area contributed by atoms with Gasteiger partial charge in [-0.05, 0) is 97.6 Å². The molecule has 0 unspecified atom stereocenters. The van der Waals surface area contributed by atoms with Gasteiger partial charge in [0.1, 0.15) is 0 Å². The van der Waals surface area contributed by atoms with Crippen LogP contribution in [0.15, 0.2) is 200 Å². The topological polar surface area (TPSA) is 3.24 Å². The fourth-order valence-corrected chi connectivity index (χ4v) is 9.40. The molecule has 0 amide bonds. The van der Waals surface area contributed by atoms with E-state index in [2.05, 4.69) is 219 Å². The van der Waals surface area contributed by atoms with E-state index in [9.17, 15) is 0 Å². The molecule has 8 aromatic carbocycles. The molecule has 0 radical (unpaired) electrons. The lowest BCUT2D eigenvalue weighted by Crippen LogP contribution is -2.28. The standard InChI is InChI=1S/C52H39N/c1-51(2)46-28-13-9-27-44(46)45-35-40(32-33-47(45)51)53(39-22-7-4-8-23-39)50-31-16-12-24-41(50)36-18-17-21-38(34-36)52(37-19-5-3-6-20-37)48-29-14-10-25-42(48)43-26-11-15-30-49(43)52/h3-35H,1-2H3. The van der Waals surface area contributed by atoms with Gasteiger partial charge in [-0.15, -0.1) is 0 Å². The van der Waals surface area contributed by atoms with Gasteiger partial charge in [-0.3, -0.25) is 0 Å². The quantitative estimate of drug-likeness (QED) is 0.169. The van der Waals surface area contributed by atoms with Crippen LogP contribution >= 0.6 is 0 Å². The van der Waals surface area contributed by atoms with Crippen LogP contribution in [-0.2, 0) is 10.8 Å². The number of hydrogen-bond donors (Lipinski definition) is 0. The van der Waals surface area contributed by atoms with Crippen molar-refractivity contribution in [2.24, 2.45) is 0 Å². The Labute approximate surface area is 312 Å². The second kappa shape index (κ2) is 12.1. The van der Waals surface area contributed by atoms with Gasteiger partial charge < -0.3 is 4.90 Å². The minimum absolute atomic E-state index is 0.0490. The summed E-state index contributed by atoms with van der Waals surface area (Å²) in [5.74, 6) is 0. The number of para-hydroxylation sites is 2. The lowest BCUT2D eigenvalue weighted by molar-refractivity contribution is 0.660. The highest BCUT2D eigenvalue weighted by molar-refractivity contribution is 5.92. The molecule has 0 atom stereocenters. The molecule has 2 aliphatic rings. The third-order valence-corrected chi connectivity index (χ3v) is 11.8. The molecule has 0 heterocycles. The van der Waals surface area contributed by atoms with Crippen LogP contribution in [0, 0.1) is 0 Å². The van der Waals surface area contributed by atoms with Gasteiger partial charge in [0.2, 0.25) is 0 Å². The molecule has 0 aliphatic heterocycles. The molecular formula is C52H39N. The van der Waals surface area contributed by atoms with Crippen LogP contribution in [0.5, 0.6) is 0 Å². The molecule has 0 saturated heterocycles. The summed E-state index contributed by atoms with van der Waals surface area (Å²) in [6.45, 7) is 4.69. The minimum atomic E-state index is -0.460. The molecule has 0 fully saturated rings. The molecule has 0 aromatic heterocycles. The van der Waals surface area contributed by atoms with E-state index < -0.39 is 5.41 Å². The Kier molecular flexibility index (Phi) is 7.13. The SMILES string of the molecule is CC1(C)c2ccccc2-c2cc(N(c3ccccc3)c3ccccc3-c3cccc(C4(c5ccccc5)c5ccccc5-c5ccccc54)c3)ccc21. The van der Waals surface area contributed by atoms with Crippen LogP contribution in [0.4, 0.5) is 17.1 Å². The molecule has 252 valence electrons. The van der Waals surface area contributed by atoms with E-state index in [0.717, 1.165) is 17.1 Å². The number of nitrogens with zero attached hydrogens (tertiary/aromatic N) is 1. The molecule has 0 bridgehead atoms. The van der Waals surface area contributed by atoms with Crippen molar-refractivity contribution in [3.63, 3.8) is 0 Å². The summed E-state index contributed by atoms with van der Waals surface area (Å²) in [6.07, 6.45) is 0. The van der Waals surface area contributed by atoms with Crippen molar-refractivity contribution in [3.05, 3.63) is 234 Å². The number of anilines is 3. The van der Waals surface area contributed by atoms with Crippen LogP contribution in [0.3, 0.4) is 0 Å². The molecular weight excluding hydrogens is 639 g/mol. The highest BCUT2D eigenvalue weighted by atomic mass is 15.1. The lowest BCUT2D eigenvalue weighted by atomic mass is 9.67. The minimum Gasteiger partial charge on any atom is -0.310 e. The van der Waals surface area contributed by atoms with Gasteiger partial charge in [0.25, 0.3) is 0 Å². The summed E-state index contributed by atoms with van der Waals surface area (Å²) < 4.78 is 0. The van der Waals surface area contributed by atoms with E-state index in [1.807, 2.05) is 0 Å². The predicted molar refractivity (Wildman–Crippen MR) is 221 cm³/mol. The first-order valence-electron chi connectivity index (χ1n) is 18.6. The van der Waals surface area contributed by atoms with Gasteiger partial charge in [-0.25, -0.2) is 0 Å². The maximum Gasteiger partial charge on any atom is 0.0713 e. The van der Waals surface area contributed by atoms with Crippen LogP contribution in [-0.4, -0.2) is 0 Å². The fourth-order valence-electron chi connectivity index (χ4n) is 9.40. The largest absolute Gasteiger partial charge is 0.310 e. The van der Waals surface area contributed by atoms with Crippen molar-refractivity contribution in [2.45, 2.75) is 24.7 Å². The number of rotatable bonds is 6. The average Bonchev–Trinajstić information content (AvgIpc) is 3.65. The average molecular weight is 678 g/mol. The number of hydrogen-bond acceptors (Lipinski definition) is 1. The molecule has 0 N–H and O–H groups in total. The molecule has 8 aromatic rings. The van der Waals surface area contributed by atoms with Crippen molar-refractivity contribution in [1.82, 2.24) is 0 Å². The van der Waals surface area contributed by atoms with Crippen molar-refractivity contribution in [3.8, 4) is 33.4 Å². The maximum absolute atomic E-state index is 2.44. The number of fused-ring (bicyclic) bond motifs is 6. The lowest BCUT2D eigenvalue weighted by Gasteiger charge is -2.34. The Morgan fingerprint density at radius 2 is 0.849 bits per heavy atom. The third-order valence-electron chi connectivity index (χ3n) is 11.8. The highest BCUT2D eigenvalue weighted by Gasteiger charge is 2.46. The summed E-state index contributed by atoms with van der Waals surface area (Å²) in [6, 6.07) is 73.9. The number of benzene rings is 8. The fraction of sp³-hybridized carbons (Fsp3) is 0.0769. The smallest absolute Gasteiger partial charge is 0.0713 e. The molecule has 2 aliphatic carbocycles. The van der Waals surface area contributed by atoms with Gasteiger partial charge in [-0.2, -0.15) is 0 Å². The van der Waals surface area contributed by atoms with Gasteiger partial charge in [0, 0.05) is 22.4 Å². The molecule has 0 spiro atoms. The van der Waals surface area contributed by atoms with E-state index in [1.165, 1.54) is 66.8 Å². The second-order valence-electron chi connectivity index (χ2n) is 14.9. The zero-order valence-corrected chi connectivity index (χ0v) is 30.0. The van der Waals surface area contributed by atoms with Crippen LogP contribution in [0.1, 0.15) is 47.2 Å². The van der Waals surface area contributed by atoms with E-state index in [0.29, 0.717) is 0 Å². The third kappa shape index (κ3) is 4.64. The second-order valence-corrected chi connectivity index (χ2v) is 14.9. The molecule has 1 nitrogen and oxygen atoms in total. The summed E-state index contributed by atoms with van der Waals surface area (Å²) in [4.78, 5) is 2.43. The Bertz CT molecular complexity index is 2600. The Balaban J connectivity index is 1.18. The van der Waals surface area contributed by atoms with E-state index in [-0.39, 0.29) is 5.41 Å². The molecule has 53 heavy (non-hydrogen) atoms. The summed E-state index contributed by atoms with van der Waals surface area (Å²) >= 11 is 0. The van der Waals surface area contributed by atoms with Gasteiger partial charge in [0.15, 0.2) is 0 Å². The Hall–Kier alpha value is -6.44. The Morgan fingerprint density at radius 3 is 1.53 bits per heavy atom. The first-order chi connectivity index (χ1) is 26.1. The molecule has 10 rings (SSSR count). The highest BCUT2D eigenvalue weighted by Crippen LogP contribution is 2.57. The van der Waals surface area contributed by atoms with Crippen molar-refractivity contribution < 1.29 is 0 Å². The first kappa shape index (κ1) is 31.3. The normalized spacial score (nSPS) is 14.2. The summed E-state index contributed by atoms with van der Waals surface area (Å²) in [5, 5.41) is 0. The van der Waals surface area contributed by atoms with Crippen LogP contribution in [0.25, 0.3) is 33.4 Å². The maximum atomic E-state index is 2.44. The van der Waals surface area contributed by atoms with E-state index in [4.69, 9.17) is 0 Å². The van der Waals surface area contributed by atoms with Crippen molar-refractivity contribution in [2.75, 3.05) is 4.90 Å². The zero-order valence-electron chi connectivity index (χ0n) is 30.0. The predicted octanol–water partition coefficient (Wildman–Crippen LogP) is 13.5. The molecule has 1 heteroatoms. The zero-order chi connectivity index (χ0) is 35.6. The van der Waals surface area contributed by atoms with Crippen molar-refractivity contribution >= 4 is 17.1 Å². The Morgan fingerprint density at radius 1 is 0.340 bits per heavy atom.